The highest BCUT2D eigenvalue weighted by molar-refractivity contribution is 6.31. The molecule has 0 unspecified atom stereocenters. The predicted octanol–water partition coefficient (Wildman–Crippen LogP) is 14.3. The van der Waals surface area contributed by atoms with Gasteiger partial charge in [-0.2, -0.15) is 0 Å². The number of anilines is 3. The fourth-order valence-electron chi connectivity index (χ4n) is 8.67. The average Bonchev–Trinajstić information content (AvgIpc) is 3.24. The van der Waals surface area contributed by atoms with Crippen LogP contribution < -0.4 is 4.90 Å². The van der Waals surface area contributed by atoms with Crippen molar-refractivity contribution in [2.24, 2.45) is 0 Å². The number of hydrogen-bond acceptors (Lipinski definition) is 2. The molecule has 53 heavy (non-hydrogen) atoms. The lowest BCUT2D eigenvalue weighted by Gasteiger charge is -2.28. The van der Waals surface area contributed by atoms with Gasteiger partial charge in [0.1, 0.15) is 0 Å². The van der Waals surface area contributed by atoms with Crippen LogP contribution in [0.15, 0.2) is 182 Å². The van der Waals surface area contributed by atoms with E-state index in [1.165, 1.54) is 76.5 Å². The van der Waals surface area contributed by atoms with Gasteiger partial charge in [-0.05, 0) is 133 Å². The first-order chi connectivity index (χ1) is 26.3. The summed E-state index contributed by atoms with van der Waals surface area (Å²) in [4.78, 5) is 6.78. The lowest BCUT2D eigenvalue weighted by Crippen LogP contribution is -2.10. The van der Waals surface area contributed by atoms with Gasteiger partial charge >= 0.3 is 0 Å². The second-order valence-electron chi connectivity index (χ2n) is 14.1. The summed E-state index contributed by atoms with van der Waals surface area (Å²) in [5, 5.41) is 10.2. The molecule has 2 aliphatic rings. The van der Waals surface area contributed by atoms with E-state index in [0.29, 0.717) is 0 Å². The summed E-state index contributed by atoms with van der Waals surface area (Å²) in [6.07, 6.45) is 21.7. The van der Waals surface area contributed by atoms with Crippen LogP contribution in [0.2, 0.25) is 0 Å². The van der Waals surface area contributed by atoms with Crippen LogP contribution in [0.1, 0.15) is 36.8 Å². The summed E-state index contributed by atoms with van der Waals surface area (Å²) < 4.78 is 0. The molecular formula is C51H38N2. The van der Waals surface area contributed by atoms with E-state index in [0.717, 1.165) is 42.7 Å². The fourth-order valence-corrected chi connectivity index (χ4v) is 8.67. The molecule has 0 fully saturated rings. The Balaban J connectivity index is 1.36. The van der Waals surface area contributed by atoms with Gasteiger partial charge < -0.3 is 4.90 Å². The molecule has 0 spiro atoms. The molecule has 2 heteroatoms. The smallest absolute Gasteiger partial charge is 0.0540 e. The predicted molar refractivity (Wildman–Crippen MR) is 227 cm³/mol. The summed E-state index contributed by atoms with van der Waals surface area (Å²) in [5.74, 6) is 0. The Hall–Kier alpha value is -6.51. The highest BCUT2D eigenvalue weighted by atomic mass is 15.1. The minimum absolute atomic E-state index is 1.01. The highest BCUT2D eigenvalue weighted by Crippen LogP contribution is 2.49. The SMILES string of the molecule is C1=CCCC(c2cc(-c3ccccc3)c(C3=CC=CCC3)c3c4ccc(N(c5ccncc5)c5cccc6ccccc56)cc4c4ccccc4c23)=C1. The summed E-state index contributed by atoms with van der Waals surface area (Å²) in [6.45, 7) is 0. The topological polar surface area (TPSA) is 16.1 Å². The third-order valence-corrected chi connectivity index (χ3v) is 11.1. The Morgan fingerprint density at radius 3 is 1.92 bits per heavy atom. The molecule has 7 aromatic carbocycles. The molecule has 0 saturated heterocycles. The molecule has 10 rings (SSSR count). The Morgan fingerprint density at radius 2 is 1.15 bits per heavy atom. The maximum atomic E-state index is 4.39. The maximum Gasteiger partial charge on any atom is 0.0540 e. The fraction of sp³-hybridized carbons (Fsp3) is 0.0784. The average molecular weight is 679 g/mol. The quantitative estimate of drug-likeness (QED) is 0.163. The van der Waals surface area contributed by atoms with Crippen molar-refractivity contribution in [3.63, 3.8) is 0 Å². The van der Waals surface area contributed by atoms with Gasteiger partial charge in [-0.25, -0.2) is 0 Å². The van der Waals surface area contributed by atoms with Crippen molar-refractivity contribution in [2.75, 3.05) is 4.90 Å². The molecule has 2 aliphatic carbocycles. The summed E-state index contributed by atoms with van der Waals surface area (Å²) >= 11 is 0. The third-order valence-electron chi connectivity index (χ3n) is 11.1. The molecule has 0 aliphatic heterocycles. The zero-order valence-electron chi connectivity index (χ0n) is 29.5. The molecule has 0 radical (unpaired) electrons. The summed E-state index contributed by atoms with van der Waals surface area (Å²) in [6, 6.07) is 49.2. The van der Waals surface area contributed by atoms with E-state index >= 15 is 0 Å². The Morgan fingerprint density at radius 1 is 0.472 bits per heavy atom. The van der Waals surface area contributed by atoms with E-state index in [4.69, 9.17) is 0 Å². The Bertz CT molecular complexity index is 2820. The van der Waals surface area contributed by atoms with Gasteiger partial charge in [0.25, 0.3) is 0 Å². The van der Waals surface area contributed by atoms with E-state index in [1.807, 2.05) is 12.4 Å². The van der Waals surface area contributed by atoms with Crippen molar-refractivity contribution in [1.29, 1.82) is 0 Å². The number of hydrogen-bond donors (Lipinski definition) is 0. The molecule has 252 valence electrons. The first-order valence-corrected chi connectivity index (χ1v) is 18.7. The van der Waals surface area contributed by atoms with Gasteiger partial charge in [-0.15, -0.1) is 0 Å². The third kappa shape index (κ3) is 5.38. The summed E-state index contributed by atoms with van der Waals surface area (Å²) in [7, 11) is 0. The van der Waals surface area contributed by atoms with Crippen molar-refractivity contribution >= 4 is 71.3 Å². The van der Waals surface area contributed by atoms with E-state index < -0.39 is 0 Å². The molecule has 0 bridgehead atoms. The molecule has 1 heterocycles. The first kappa shape index (κ1) is 31.2. The van der Waals surface area contributed by atoms with Gasteiger partial charge in [-0.1, -0.05) is 134 Å². The second-order valence-corrected chi connectivity index (χ2v) is 14.1. The number of benzene rings is 7. The monoisotopic (exact) mass is 678 g/mol. The van der Waals surface area contributed by atoms with Gasteiger partial charge in [0, 0.05) is 29.2 Å². The zero-order chi connectivity index (χ0) is 35.1. The van der Waals surface area contributed by atoms with E-state index in [2.05, 4.69) is 180 Å². The lowest BCUT2D eigenvalue weighted by molar-refractivity contribution is 1.05. The van der Waals surface area contributed by atoms with Crippen LogP contribution in [0.5, 0.6) is 0 Å². The van der Waals surface area contributed by atoms with Crippen molar-refractivity contribution < 1.29 is 0 Å². The van der Waals surface area contributed by atoms with Crippen LogP contribution in [0, 0.1) is 0 Å². The zero-order valence-corrected chi connectivity index (χ0v) is 29.5. The minimum Gasteiger partial charge on any atom is -0.310 e. The van der Waals surface area contributed by atoms with Crippen molar-refractivity contribution in [1.82, 2.24) is 4.98 Å². The number of allylic oxidation sites excluding steroid dienone is 8. The molecule has 2 nitrogen and oxygen atoms in total. The van der Waals surface area contributed by atoms with Crippen molar-refractivity contribution in [2.45, 2.75) is 25.7 Å². The van der Waals surface area contributed by atoms with Gasteiger partial charge in [0.2, 0.25) is 0 Å². The number of rotatable bonds is 6. The highest BCUT2D eigenvalue weighted by Gasteiger charge is 2.24. The number of nitrogens with zero attached hydrogens (tertiary/aromatic N) is 2. The lowest BCUT2D eigenvalue weighted by atomic mass is 9.79. The Kier molecular flexibility index (Phi) is 7.80. The minimum atomic E-state index is 1.01. The van der Waals surface area contributed by atoms with Crippen LogP contribution >= 0.6 is 0 Å². The first-order valence-electron chi connectivity index (χ1n) is 18.7. The van der Waals surface area contributed by atoms with Crippen LogP contribution in [0.4, 0.5) is 17.1 Å². The van der Waals surface area contributed by atoms with E-state index in [9.17, 15) is 0 Å². The van der Waals surface area contributed by atoms with Crippen molar-refractivity contribution in [3.05, 3.63) is 193 Å². The molecule has 0 saturated carbocycles. The standard InChI is InChI=1S/C51H38N2/c1-4-15-36(16-5-1)45-34-46(37-17-6-2-7-18-37)50-43-25-13-12-24-42(43)47-33-40(27-28-44(47)51(50)49(45)38-20-8-3-9-21-38)53(39-29-31-52-32-30-39)48-26-14-22-35-19-10-11-23-41(35)48/h1-6,8,10-17,19-20,22-34H,7,9,18,21H2. The number of aromatic nitrogens is 1. The Labute approximate surface area is 310 Å². The molecule has 0 amide bonds. The molecule has 1 aromatic heterocycles. The normalized spacial score (nSPS) is 14.2. The molecule has 0 N–H and O–H groups in total. The van der Waals surface area contributed by atoms with Crippen LogP contribution in [-0.2, 0) is 0 Å². The van der Waals surface area contributed by atoms with Gasteiger partial charge in [0.05, 0.1) is 5.69 Å². The molecule has 0 atom stereocenters. The van der Waals surface area contributed by atoms with Crippen molar-refractivity contribution in [3.8, 4) is 11.1 Å². The van der Waals surface area contributed by atoms with Gasteiger partial charge in [0.15, 0.2) is 0 Å². The van der Waals surface area contributed by atoms with Gasteiger partial charge in [-0.3, -0.25) is 4.98 Å². The number of fused-ring (bicyclic) bond motifs is 7. The molecule has 8 aromatic rings. The largest absolute Gasteiger partial charge is 0.310 e. The van der Waals surface area contributed by atoms with E-state index in [-0.39, 0.29) is 0 Å². The van der Waals surface area contributed by atoms with Crippen LogP contribution in [-0.4, -0.2) is 4.98 Å². The maximum absolute atomic E-state index is 4.39. The summed E-state index contributed by atoms with van der Waals surface area (Å²) in [5.41, 5.74) is 11.4. The molecular weight excluding hydrogens is 641 g/mol. The van der Waals surface area contributed by atoms with Crippen LogP contribution in [0.25, 0.3) is 65.4 Å². The second kappa shape index (κ2) is 13.2. The number of pyridine rings is 1. The van der Waals surface area contributed by atoms with Crippen LogP contribution in [0.3, 0.4) is 0 Å². The van der Waals surface area contributed by atoms with E-state index in [1.54, 1.807) is 0 Å².